The molecule has 134 valence electrons. The number of nitrogens with zero attached hydrogens (tertiary/aromatic N) is 2. The fraction of sp³-hybridized carbons (Fsp3) is 0.444. The van der Waals surface area contributed by atoms with Crippen LogP contribution in [0, 0.1) is 6.92 Å². The lowest BCUT2D eigenvalue weighted by Crippen LogP contribution is -2.38. The van der Waals surface area contributed by atoms with E-state index in [-0.39, 0.29) is 24.7 Å². The van der Waals surface area contributed by atoms with Gasteiger partial charge in [0.15, 0.2) is 0 Å². The number of H-pyrrole nitrogens is 1. The van der Waals surface area contributed by atoms with Crippen molar-refractivity contribution < 1.29 is 19.4 Å². The monoisotopic (exact) mass is 345 g/mol. The second kappa shape index (κ2) is 7.25. The molecule has 1 saturated heterocycles. The van der Waals surface area contributed by atoms with Crippen molar-refractivity contribution in [2.75, 3.05) is 27.4 Å². The van der Waals surface area contributed by atoms with Crippen LogP contribution in [0.4, 0.5) is 0 Å². The lowest BCUT2D eigenvalue weighted by molar-refractivity contribution is 0.0642. The van der Waals surface area contributed by atoms with E-state index in [1.807, 2.05) is 31.2 Å². The first kappa shape index (κ1) is 17.4. The predicted molar refractivity (Wildman–Crippen MR) is 92.6 cm³/mol. The predicted octanol–water partition coefficient (Wildman–Crippen LogP) is 1.62. The van der Waals surface area contributed by atoms with Crippen LogP contribution in [0.2, 0.25) is 0 Å². The Labute approximate surface area is 146 Å². The van der Waals surface area contributed by atoms with E-state index in [1.54, 1.807) is 19.1 Å². The number of aliphatic hydroxyl groups excluding tert-OH is 1. The number of ether oxygens (including phenoxy) is 2. The second-order valence-corrected chi connectivity index (χ2v) is 6.18. The van der Waals surface area contributed by atoms with Gasteiger partial charge in [0.05, 0.1) is 25.9 Å². The fourth-order valence-corrected chi connectivity index (χ4v) is 3.18. The van der Waals surface area contributed by atoms with Crippen molar-refractivity contribution in [2.24, 2.45) is 0 Å². The highest BCUT2D eigenvalue weighted by Crippen LogP contribution is 2.26. The highest BCUT2D eigenvalue weighted by atomic mass is 16.5. The number of benzene rings is 1. The number of aryl methyl sites for hydroxylation is 1. The van der Waals surface area contributed by atoms with Gasteiger partial charge in [0.25, 0.3) is 5.91 Å². The minimum absolute atomic E-state index is 0.0572. The Kier molecular flexibility index (Phi) is 5.06. The maximum Gasteiger partial charge on any atom is 0.274 e. The molecule has 2 aromatic rings. The van der Waals surface area contributed by atoms with Crippen LogP contribution in [0.1, 0.15) is 22.6 Å². The first-order valence-electron chi connectivity index (χ1n) is 8.23. The smallest absolute Gasteiger partial charge is 0.274 e. The molecule has 0 saturated carbocycles. The van der Waals surface area contributed by atoms with Crippen molar-refractivity contribution in [3.63, 3.8) is 0 Å². The molecule has 1 aromatic carbocycles. The van der Waals surface area contributed by atoms with Crippen LogP contribution in [-0.4, -0.2) is 65.4 Å². The maximum absolute atomic E-state index is 12.9. The van der Waals surface area contributed by atoms with Gasteiger partial charge in [0, 0.05) is 24.9 Å². The zero-order valence-electron chi connectivity index (χ0n) is 14.7. The Balaban J connectivity index is 1.88. The van der Waals surface area contributed by atoms with Gasteiger partial charge in [-0.25, -0.2) is 4.98 Å². The molecular weight excluding hydrogens is 322 g/mol. The largest absolute Gasteiger partial charge is 0.497 e. The van der Waals surface area contributed by atoms with Gasteiger partial charge in [-0.15, -0.1) is 0 Å². The minimum Gasteiger partial charge on any atom is -0.497 e. The van der Waals surface area contributed by atoms with Gasteiger partial charge in [-0.05, 0) is 25.5 Å². The number of hydrogen-bond acceptors (Lipinski definition) is 5. The normalized spacial score (nSPS) is 20.1. The second-order valence-electron chi connectivity index (χ2n) is 6.18. The maximum atomic E-state index is 12.9. The lowest BCUT2D eigenvalue weighted by Gasteiger charge is -2.21. The summed E-state index contributed by atoms with van der Waals surface area (Å²) in [5.74, 6) is 1.14. The molecule has 1 aliphatic heterocycles. The molecule has 0 aliphatic carbocycles. The first-order valence-corrected chi connectivity index (χ1v) is 8.23. The molecule has 3 rings (SSSR count). The highest BCUT2D eigenvalue weighted by molar-refractivity contribution is 5.94. The van der Waals surface area contributed by atoms with Crippen molar-refractivity contribution in [3.05, 3.63) is 35.7 Å². The number of aromatic amines is 1. The number of amides is 1. The quantitative estimate of drug-likeness (QED) is 0.860. The van der Waals surface area contributed by atoms with Crippen molar-refractivity contribution in [1.29, 1.82) is 0 Å². The number of methoxy groups -OCH3 is 2. The van der Waals surface area contributed by atoms with Crippen LogP contribution in [0.3, 0.4) is 0 Å². The van der Waals surface area contributed by atoms with Gasteiger partial charge in [-0.3, -0.25) is 4.79 Å². The van der Waals surface area contributed by atoms with Crippen LogP contribution >= 0.6 is 0 Å². The minimum atomic E-state index is -0.242. The van der Waals surface area contributed by atoms with E-state index in [9.17, 15) is 9.90 Å². The summed E-state index contributed by atoms with van der Waals surface area (Å²) < 4.78 is 10.6. The summed E-state index contributed by atoms with van der Waals surface area (Å²) in [6.07, 6.45) is 0.573. The van der Waals surface area contributed by atoms with Gasteiger partial charge < -0.3 is 24.5 Å². The summed E-state index contributed by atoms with van der Waals surface area (Å²) in [7, 11) is 3.23. The zero-order valence-corrected chi connectivity index (χ0v) is 14.7. The van der Waals surface area contributed by atoms with Crippen LogP contribution in [0.25, 0.3) is 11.4 Å². The number of imidazole rings is 1. The Morgan fingerprint density at radius 1 is 1.44 bits per heavy atom. The van der Waals surface area contributed by atoms with Crippen molar-refractivity contribution in [3.8, 4) is 17.1 Å². The molecule has 0 unspecified atom stereocenters. The molecule has 2 N–H and O–H groups in total. The Morgan fingerprint density at radius 2 is 2.24 bits per heavy atom. The standard InChI is InChI=1S/C18H23N3O4/c1-11-16(18(23)21-9-15(25-3)8-13(21)10-22)20-17(19-11)12-5-4-6-14(7-12)24-2/h4-7,13,15,22H,8-10H2,1-3H3,(H,19,20)/t13-,15+/m0/s1. The third kappa shape index (κ3) is 3.38. The van der Waals surface area contributed by atoms with Crippen molar-refractivity contribution in [2.45, 2.75) is 25.5 Å². The van der Waals surface area contributed by atoms with E-state index in [0.29, 0.717) is 30.2 Å². The Bertz CT molecular complexity index is 759. The molecule has 1 aromatic heterocycles. The van der Waals surface area contributed by atoms with E-state index < -0.39 is 0 Å². The number of carbonyl (C=O) groups is 1. The average Bonchev–Trinajstić information content (AvgIpc) is 3.24. The third-order valence-corrected chi connectivity index (χ3v) is 4.61. The van der Waals surface area contributed by atoms with E-state index in [4.69, 9.17) is 9.47 Å². The highest BCUT2D eigenvalue weighted by Gasteiger charge is 2.36. The number of rotatable bonds is 5. The van der Waals surface area contributed by atoms with Crippen LogP contribution in [0.5, 0.6) is 5.75 Å². The summed E-state index contributed by atoms with van der Waals surface area (Å²) in [4.78, 5) is 22.2. The summed E-state index contributed by atoms with van der Waals surface area (Å²) in [5.41, 5.74) is 1.91. The topological polar surface area (TPSA) is 87.7 Å². The number of hydrogen-bond donors (Lipinski definition) is 2. The Morgan fingerprint density at radius 3 is 2.92 bits per heavy atom. The molecule has 1 aliphatic rings. The summed E-state index contributed by atoms with van der Waals surface area (Å²) >= 11 is 0. The molecule has 0 spiro atoms. The van der Waals surface area contributed by atoms with Crippen molar-refractivity contribution in [1.82, 2.24) is 14.9 Å². The molecular formula is C18H23N3O4. The third-order valence-electron chi connectivity index (χ3n) is 4.61. The van der Waals surface area contributed by atoms with Crippen LogP contribution < -0.4 is 4.74 Å². The molecule has 1 fully saturated rings. The fourth-order valence-electron chi connectivity index (χ4n) is 3.18. The Hall–Kier alpha value is -2.38. The van der Waals surface area contributed by atoms with Gasteiger partial charge in [0.1, 0.15) is 17.3 Å². The van der Waals surface area contributed by atoms with E-state index in [1.165, 1.54) is 0 Å². The molecule has 0 bridgehead atoms. The number of aromatic nitrogens is 2. The number of aliphatic hydroxyl groups is 1. The summed E-state index contributed by atoms with van der Waals surface area (Å²) in [6.45, 7) is 2.20. The zero-order chi connectivity index (χ0) is 18.0. The van der Waals surface area contributed by atoms with Gasteiger partial charge in [-0.2, -0.15) is 0 Å². The molecule has 7 nitrogen and oxygen atoms in total. The SMILES string of the molecule is COc1cccc(-c2nc(C(=O)N3C[C@H](OC)C[C@H]3CO)c(C)[nH]2)c1. The molecule has 2 heterocycles. The van der Waals surface area contributed by atoms with E-state index in [2.05, 4.69) is 9.97 Å². The number of nitrogens with one attached hydrogen (secondary N) is 1. The van der Waals surface area contributed by atoms with Crippen LogP contribution in [0.15, 0.2) is 24.3 Å². The van der Waals surface area contributed by atoms with Gasteiger partial charge >= 0.3 is 0 Å². The van der Waals surface area contributed by atoms with Crippen molar-refractivity contribution >= 4 is 5.91 Å². The first-order chi connectivity index (χ1) is 12.1. The lowest BCUT2D eigenvalue weighted by atomic mass is 10.2. The van der Waals surface area contributed by atoms with E-state index >= 15 is 0 Å². The molecule has 7 heteroatoms. The average molecular weight is 345 g/mol. The molecule has 0 radical (unpaired) electrons. The van der Waals surface area contributed by atoms with Crippen LogP contribution in [-0.2, 0) is 4.74 Å². The molecule has 2 atom stereocenters. The summed E-state index contributed by atoms with van der Waals surface area (Å²) in [5, 5.41) is 9.56. The number of carbonyl (C=O) groups excluding carboxylic acids is 1. The molecule has 25 heavy (non-hydrogen) atoms. The van der Waals surface area contributed by atoms with E-state index in [0.717, 1.165) is 11.3 Å². The summed E-state index contributed by atoms with van der Waals surface area (Å²) in [6, 6.07) is 7.25. The number of likely N-dealkylation sites (tertiary alicyclic amines) is 1. The van der Waals surface area contributed by atoms with Gasteiger partial charge in [0.2, 0.25) is 0 Å². The molecule has 1 amide bonds. The van der Waals surface area contributed by atoms with Gasteiger partial charge in [-0.1, -0.05) is 12.1 Å².